The van der Waals surface area contributed by atoms with Crippen LogP contribution in [0.1, 0.15) is 31.2 Å². The summed E-state index contributed by atoms with van der Waals surface area (Å²) in [5.41, 5.74) is 0.484. The van der Waals surface area contributed by atoms with Crippen molar-refractivity contribution in [3.05, 3.63) is 54.4 Å². The Balaban J connectivity index is 1.48. The molecule has 0 unspecified atom stereocenters. The Kier molecular flexibility index (Phi) is 5.94. The van der Waals surface area contributed by atoms with Gasteiger partial charge in [0.25, 0.3) is 5.91 Å². The molecule has 0 spiro atoms. The van der Waals surface area contributed by atoms with Crippen LogP contribution in [0.2, 0.25) is 0 Å². The molecule has 7 heteroatoms. The molecule has 1 aromatic carbocycles. The number of imide groups is 1. The lowest BCUT2D eigenvalue weighted by Gasteiger charge is -2.38. The van der Waals surface area contributed by atoms with Gasteiger partial charge in [-0.3, -0.25) is 14.4 Å². The topological polar surface area (TPSA) is 79.3 Å². The Morgan fingerprint density at radius 2 is 1.86 bits per heavy atom. The first kappa shape index (κ1) is 19.6. The summed E-state index contributed by atoms with van der Waals surface area (Å²) >= 11 is 0. The molecule has 1 aromatic heterocycles. The normalized spacial score (nSPS) is 22.8. The number of nitrogens with zero attached hydrogens (tertiary/aromatic N) is 3. The van der Waals surface area contributed by atoms with Gasteiger partial charge < -0.3 is 10.6 Å². The third kappa shape index (κ3) is 4.19. The molecule has 3 amide bonds. The molecule has 2 aromatic rings. The fourth-order valence-corrected chi connectivity index (χ4v) is 4.66. The minimum absolute atomic E-state index is 0.0605. The summed E-state index contributed by atoms with van der Waals surface area (Å²) in [6.45, 7) is 2.64. The van der Waals surface area contributed by atoms with Gasteiger partial charge in [-0.05, 0) is 62.7 Å². The molecule has 0 saturated carbocycles. The van der Waals surface area contributed by atoms with E-state index >= 15 is 0 Å². The highest BCUT2D eigenvalue weighted by atomic mass is 16.2. The summed E-state index contributed by atoms with van der Waals surface area (Å²) in [6, 6.07) is 11.9. The molecule has 2 N–H and O–H groups in total. The highest BCUT2D eigenvalue weighted by Crippen LogP contribution is 2.36. The smallest absolute Gasteiger partial charge is 0.323 e. The number of carbonyl (C=O) groups excluding carboxylic acids is 2. The number of amides is 3. The van der Waals surface area contributed by atoms with E-state index in [2.05, 4.69) is 27.9 Å². The van der Waals surface area contributed by atoms with E-state index < -0.39 is 5.54 Å². The van der Waals surface area contributed by atoms with E-state index in [0.29, 0.717) is 19.5 Å². The van der Waals surface area contributed by atoms with Crippen LogP contribution in [-0.4, -0.2) is 51.8 Å². The molecule has 4 rings (SSSR count). The van der Waals surface area contributed by atoms with Gasteiger partial charge in [0.05, 0.1) is 13.1 Å². The number of rotatable bonds is 8. The van der Waals surface area contributed by atoms with Crippen molar-refractivity contribution in [1.29, 1.82) is 0 Å². The van der Waals surface area contributed by atoms with Crippen molar-refractivity contribution >= 4 is 11.9 Å². The molecule has 2 saturated heterocycles. The van der Waals surface area contributed by atoms with E-state index in [0.717, 1.165) is 38.8 Å². The Morgan fingerprint density at radius 3 is 2.59 bits per heavy atom. The first-order chi connectivity index (χ1) is 14.2. The number of hydrogen-bond donors (Lipinski definition) is 2. The van der Waals surface area contributed by atoms with Crippen LogP contribution in [0.5, 0.6) is 0 Å². The minimum Gasteiger partial charge on any atom is -0.323 e. The fourth-order valence-electron chi connectivity index (χ4n) is 4.66. The molecule has 0 aliphatic carbocycles. The van der Waals surface area contributed by atoms with Gasteiger partial charge in [-0.2, -0.15) is 5.10 Å². The predicted molar refractivity (Wildman–Crippen MR) is 110 cm³/mol. The summed E-state index contributed by atoms with van der Waals surface area (Å²) < 4.78 is 1.75. The van der Waals surface area contributed by atoms with Gasteiger partial charge in [-0.15, -0.1) is 0 Å². The Bertz CT molecular complexity index is 817. The zero-order valence-corrected chi connectivity index (χ0v) is 16.7. The number of aromatic nitrogens is 2. The molecule has 2 fully saturated rings. The van der Waals surface area contributed by atoms with Crippen molar-refractivity contribution < 1.29 is 9.59 Å². The van der Waals surface area contributed by atoms with Crippen LogP contribution in [0.15, 0.2) is 48.8 Å². The maximum absolute atomic E-state index is 13.5. The second kappa shape index (κ2) is 8.78. The van der Waals surface area contributed by atoms with Crippen molar-refractivity contribution in [2.45, 2.75) is 44.2 Å². The van der Waals surface area contributed by atoms with E-state index in [4.69, 9.17) is 0 Å². The third-order valence-corrected chi connectivity index (χ3v) is 6.23. The Hall–Kier alpha value is -2.67. The van der Waals surface area contributed by atoms with Gasteiger partial charge in [-0.25, -0.2) is 4.79 Å². The lowest BCUT2D eigenvalue weighted by molar-refractivity contribution is -0.134. The van der Waals surface area contributed by atoms with Gasteiger partial charge in [0, 0.05) is 12.4 Å². The van der Waals surface area contributed by atoms with Crippen molar-refractivity contribution in [3.63, 3.8) is 0 Å². The zero-order chi connectivity index (χ0) is 20.1. The first-order valence-corrected chi connectivity index (χ1v) is 10.6. The van der Waals surface area contributed by atoms with Gasteiger partial charge in [-0.1, -0.05) is 30.3 Å². The number of urea groups is 1. The van der Waals surface area contributed by atoms with E-state index in [1.807, 2.05) is 30.5 Å². The number of carbonyl (C=O) groups is 2. The van der Waals surface area contributed by atoms with Crippen molar-refractivity contribution in [3.8, 4) is 0 Å². The Morgan fingerprint density at radius 1 is 1.07 bits per heavy atom. The molecule has 2 aliphatic rings. The standard InChI is InChI=1S/C22H29N5O2/c28-20-22(19-9-13-23-14-10-19,11-4-8-18-6-2-1-3-7-18)25-21(29)27(20)17-16-26-15-5-12-24-26/h1-3,5-7,12,15,19,23H,4,8-11,13-14,16-17H2,(H,25,29)/t22-/m0/s1. The van der Waals surface area contributed by atoms with Gasteiger partial charge in [0.2, 0.25) is 0 Å². The lowest BCUT2D eigenvalue weighted by Crippen LogP contribution is -2.56. The number of nitrogens with one attached hydrogen (secondary N) is 2. The average molecular weight is 396 g/mol. The largest absolute Gasteiger partial charge is 0.325 e. The van der Waals surface area contributed by atoms with Crippen LogP contribution in [0.3, 0.4) is 0 Å². The predicted octanol–water partition coefficient (Wildman–Crippen LogP) is 2.20. The highest BCUT2D eigenvalue weighted by Gasteiger charge is 2.54. The Labute approximate surface area is 171 Å². The molecule has 2 aliphatic heterocycles. The zero-order valence-electron chi connectivity index (χ0n) is 16.7. The van der Waals surface area contributed by atoms with Crippen LogP contribution in [0.4, 0.5) is 4.79 Å². The van der Waals surface area contributed by atoms with Crippen molar-refractivity contribution in [2.24, 2.45) is 5.92 Å². The fraction of sp³-hybridized carbons (Fsp3) is 0.500. The monoisotopic (exact) mass is 395 g/mol. The lowest BCUT2D eigenvalue weighted by atomic mass is 9.74. The second-order valence-corrected chi connectivity index (χ2v) is 7.99. The second-order valence-electron chi connectivity index (χ2n) is 7.99. The molecule has 29 heavy (non-hydrogen) atoms. The van der Waals surface area contributed by atoms with E-state index in [1.54, 1.807) is 10.9 Å². The summed E-state index contributed by atoms with van der Waals surface area (Å²) in [4.78, 5) is 27.7. The van der Waals surface area contributed by atoms with Gasteiger partial charge in [0.15, 0.2) is 0 Å². The molecule has 1 atom stereocenters. The van der Waals surface area contributed by atoms with Gasteiger partial charge >= 0.3 is 6.03 Å². The molecule has 7 nitrogen and oxygen atoms in total. The maximum Gasteiger partial charge on any atom is 0.325 e. The van der Waals surface area contributed by atoms with E-state index in [1.165, 1.54) is 10.5 Å². The summed E-state index contributed by atoms with van der Waals surface area (Å²) in [6.07, 6.45) is 7.81. The number of aryl methyl sites for hydroxylation is 1. The molecule has 0 radical (unpaired) electrons. The first-order valence-electron chi connectivity index (χ1n) is 10.6. The van der Waals surface area contributed by atoms with Crippen molar-refractivity contribution in [2.75, 3.05) is 19.6 Å². The van der Waals surface area contributed by atoms with Crippen LogP contribution in [0, 0.1) is 5.92 Å². The number of benzene rings is 1. The molecular weight excluding hydrogens is 366 g/mol. The number of hydrogen-bond acceptors (Lipinski definition) is 4. The van der Waals surface area contributed by atoms with Crippen LogP contribution in [-0.2, 0) is 17.8 Å². The average Bonchev–Trinajstić information content (AvgIpc) is 3.35. The SMILES string of the molecule is O=C1N[C@@](CCCc2ccccc2)(C2CCNCC2)C(=O)N1CCn1cccn1. The highest BCUT2D eigenvalue weighted by molar-refractivity contribution is 6.07. The summed E-state index contributed by atoms with van der Waals surface area (Å²) in [7, 11) is 0. The molecular formula is C22H29N5O2. The van der Waals surface area contributed by atoms with Crippen LogP contribution >= 0.6 is 0 Å². The maximum atomic E-state index is 13.5. The molecule has 0 bridgehead atoms. The van der Waals surface area contributed by atoms with Gasteiger partial charge in [0.1, 0.15) is 5.54 Å². The summed E-state index contributed by atoms with van der Waals surface area (Å²) in [5, 5.41) is 10.7. The third-order valence-electron chi connectivity index (χ3n) is 6.23. The van der Waals surface area contributed by atoms with Crippen molar-refractivity contribution in [1.82, 2.24) is 25.3 Å². The molecule has 3 heterocycles. The summed E-state index contributed by atoms with van der Waals surface area (Å²) in [5.74, 6) is 0.111. The van der Waals surface area contributed by atoms with Crippen LogP contribution in [0.25, 0.3) is 0 Å². The quantitative estimate of drug-likeness (QED) is 0.672. The minimum atomic E-state index is -0.780. The number of piperidine rings is 1. The van der Waals surface area contributed by atoms with E-state index in [9.17, 15) is 9.59 Å². The van der Waals surface area contributed by atoms with E-state index in [-0.39, 0.29) is 17.9 Å². The van der Waals surface area contributed by atoms with Crippen LogP contribution < -0.4 is 10.6 Å². The molecule has 154 valence electrons.